The van der Waals surface area contributed by atoms with Gasteiger partial charge in [0, 0.05) is 26.2 Å². The van der Waals surface area contributed by atoms with Crippen LogP contribution in [0, 0.1) is 0 Å². The number of hydrogen-bond donors (Lipinski definition) is 1. The van der Waals surface area contributed by atoms with Gasteiger partial charge in [-0.1, -0.05) is 47.5 Å². The van der Waals surface area contributed by atoms with Gasteiger partial charge in [0.1, 0.15) is 0 Å². The van der Waals surface area contributed by atoms with Crippen molar-refractivity contribution in [1.29, 1.82) is 0 Å². The molecule has 1 fully saturated rings. The van der Waals surface area contributed by atoms with Crippen molar-refractivity contribution in [1.82, 2.24) is 9.62 Å². The molecule has 0 atom stereocenters. The van der Waals surface area contributed by atoms with E-state index in [9.17, 15) is 8.42 Å². The highest BCUT2D eigenvalue weighted by molar-refractivity contribution is 7.89. The molecule has 0 aliphatic carbocycles. The predicted octanol–water partition coefficient (Wildman–Crippen LogP) is 4.07. The highest BCUT2D eigenvalue weighted by Gasteiger charge is 2.26. The van der Waals surface area contributed by atoms with Crippen LogP contribution in [-0.2, 0) is 23.1 Å². The van der Waals surface area contributed by atoms with E-state index in [-0.39, 0.29) is 0 Å². The summed E-state index contributed by atoms with van der Waals surface area (Å²) in [7, 11) is -3.35. The fourth-order valence-corrected chi connectivity index (χ4v) is 4.79. The summed E-state index contributed by atoms with van der Waals surface area (Å²) >= 11 is 12.2. The fourth-order valence-electron chi connectivity index (χ4n) is 2.88. The van der Waals surface area contributed by atoms with Crippen molar-refractivity contribution in [3.8, 4) is 0 Å². The average molecular weight is 399 g/mol. The lowest BCUT2D eigenvalue weighted by molar-refractivity contribution is 0.477. The molecule has 0 radical (unpaired) electrons. The van der Waals surface area contributed by atoms with Gasteiger partial charge in [-0.25, -0.2) is 8.42 Å². The maximum atomic E-state index is 12.5. The minimum Gasteiger partial charge on any atom is -0.309 e. The van der Waals surface area contributed by atoms with Gasteiger partial charge in [0.15, 0.2) is 0 Å². The Kier molecular flexibility index (Phi) is 6.02. The number of halogens is 2. The van der Waals surface area contributed by atoms with E-state index in [1.165, 1.54) is 0 Å². The lowest BCUT2D eigenvalue weighted by Crippen LogP contribution is -2.27. The first-order valence-corrected chi connectivity index (χ1v) is 10.4. The molecule has 134 valence electrons. The van der Waals surface area contributed by atoms with Gasteiger partial charge in [-0.05, 0) is 42.2 Å². The average Bonchev–Trinajstić information content (AvgIpc) is 3.15. The first-order chi connectivity index (χ1) is 12.0. The Balaban J connectivity index is 1.60. The highest BCUT2D eigenvalue weighted by atomic mass is 35.5. The van der Waals surface area contributed by atoms with E-state index in [0.29, 0.717) is 41.1 Å². The van der Waals surface area contributed by atoms with E-state index in [0.717, 1.165) is 24.0 Å². The third-order valence-corrected chi connectivity index (χ3v) is 7.07. The largest absolute Gasteiger partial charge is 0.309 e. The number of nitrogens with one attached hydrogen (secondary N) is 1. The van der Waals surface area contributed by atoms with E-state index in [2.05, 4.69) is 5.32 Å². The molecule has 25 heavy (non-hydrogen) atoms. The molecule has 0 unspecified atom stereocenters. The zero-order valence-corrected chi connectivity index (χ0v) is 16.0. The zero-order valence-electron chi connectivity index (χ0n) is 13.7. The third kappa shape index (κ3) is 4.36. The Morgan fingerprint density at radius 3 is 2.32 bits per heavy atom. The predicted molar refractivity (Wildman–Crippen MR) is 101 cm³/mol. The summed E-state index contributed by atoms with van der Waals surface area (Å²) in [5.74, 6) is 0. The molecule has 0 spiro atoms. The number of benzene rings is 2. The third-order valence-electron chi connectivity index (χ3n) is 4.30. The van der Waals surface area contributed by atoms with Crippen LogP contribution in [0.15, 0.2) is 47.4 Å². The molecule has 3 rings (SSSR count). The van der Waals surface area contributed by atoms with E-state index in [1.54, 1.807) is 22.5 Å². The van der Waals surface area contributed by atoms with E-state index in [4.69, 9.17) is 23.2 Å². The van der Waals surface area contributed by atoms with Gasteiger partial charge in [-0.15, -0.1) is 0 Å². The van der Waals surface area contributed by atoms with E-state index in [1.807, 2.05) is 24.3 Å². The smallest absolute Gasteiger partial charge is 0.243 e. The molecular weight excluding hydrogens is 379 g/mol. The molecular formula is C18H20Cl2N2O2S. The van der Waals surface area contributed by atoms with Gasteiger partial charge < -0.3 is 5.32 Å². The normalized spacial score (nSPS) is 15.6. The molecule has 0 amide bonds. The summed E-state index contributed by atoms with van der Waals surface area (Å²) in [6.07, 6.45) is 1.88. The van der Waals surface area contributed by atoms with Crippen LogP contribution in [0.25, 0.3) is 0 Å². The van der Waals surface area contributed by atoms with Crippen LogP contribution in [0.4, 0.5) is 0 Å². The lowest BCUT2D eigenvalue weighted by atomic mass is 10.2. The van der Waals surface area contributed by atoms with E-state index >= 15 is 0 Å². The van der Waals surface area contributed by atoms with Crippen LogP contribution in [0.1, 0.15) is 24.0 Å². The summed E-state index contributed by atoms with van der Waals surface area (Å²) in [6.45, 7) is 2.44. The second-order valence-corrected chi connectivity index (χ2v) is 8.79. The first-order valence-electron chi connectivity index (χ1n) is 8.21. The molecule has 0 aromatic heterocycles. The van der Waals surface area contributed by atoms with Crippen molar-refractivity contribution in [2.75, 3.05) is 13.1 Å². The second kappa shape index (κ2) is 8.06. The number of nitrogens with zero attached hydrogens (tertiary/aromatic N) is 1. The van der Waals surface area contributed by atoms with Crippen molar-refractivity contribution < 1.29 is 8.42 Å². The van der Waals surface area contributed by atoms with Crippen molar-refractivity contribution in [3.05, 3.63) is 63.6 Å². The topological polar surface area (TPSA) is 49.4 Å². The van der Waals surface area contributed by atoms with Gasteiger partial charge in [0.2, 0.25) is 10.0 Å². The van der Waals surface area contributed by atoms with Crippen molar-refractivity contribution in [2.45, 2.75) is 30.8 Å². The van der Waals surface area contributed by atoms with Crippen LogP contribution in [0.2, 0.25) is 10.0 Å². The summed E-state index contributed by atoms with van der Waals surface area (Å²) in [6, 6.07) is 12.6. The lowest BCUT2D eigenvalue weighted by Gasteiger charge is -2.15. The maximum absolute atomic E-state index is 12.5. The second-order valence-electron chi connectivity index (χ2n) is 6.07. The van der Waals surface area contributed by atoms with Gasteiger partial charge >= 0.3 is 0 Å². The molecule has 1 N–H and O–H groups in total. The molecule has 2 aromatic rings. The molecule has 1 aliphatic rings. The van der Waals surface area contributed by atoms with Gasteiger partial charge in [-0.3, -0.25) is 0 Å². The summed E-state index contributed by atoms with van der Waals surface area (Å²) in [4.78, 5) is 0.357. The van der Waals surface area contributed by atoms with Crippen LogP contribution < -0.4 is 5.32 Å². The molecule has 1 aliphatic heterocycles. The molecule has 4 nitrogen and oxygen atoms in total. The molecule has 0 bridgehead atoms. The van der Waals surface area contributed by atoms with E-state index < -0.39 is 10.0 Å². The van der Waals surface area contributed by atoms with Crippen molar-refractivity contribution in [2.24, 2.45) is 0 Å². The highest BCUT2D eigenvalue weighted by Crippen LogP contribution is 2.25. The van der Waals surface area contributed by atoms with Crippen LogP contribution in [0.3, 0.4) is 0 Å². The van der Waals surface area contributed by atoms with Gasteiger partial charge in [-0.2, -0.15) is 4.31 Å². The quantitative estimate of drug-likeness (QED) is 0.797. The summed E-state index contributed by atoms with van der Waals surface area (Å²) in [5.41, 5.74) is 1.95. The monoisotopic (exact) mass is 398 g/mol. The Labute approximate surface area is 158 Å². The number of sulfonamides is 1. The fraction of sp³-hybridized carbons (Fsp3) is 0.333. The van der Waals surface area contributed by atoms with Crippen LogP contribution >= 0.6 is 23.2 Å². The molecule has 1 saturated heterocycles. The minimum absolute atomic E-state index is 0.357. The van der Waals surface area contributed by atoms with Crippen molar-refractivity contribution in [3.63, 3.8) is 0 Å². The van der Waals surface area contributed by atoms with Crippen LogP contribution in [0.5, 0.6) is 0 Å². The number of rotatable bonds is 6. The van der Waals surface area contributed by atoms with Gasteiger partial charge in [0.05, 0.1) is 14.9 Å². The van der Waals surface area contributed by atoms with Crippen LogP contribution in [-0.4, -0.2) is 25.8 Å². The Morgan fingerprint density at radius 1 is 0.960 bits per heavy atom. The standard InChI is InChI=1S/C18H20Cl2N2O2S/c19-17-5-3-4-15(18(17)20)13-21-12-14-6-8-16(9-7-14)25(23,24)22-10-1-2-11-22/h3-9,21H,1-2,10-13H2. The summed E-state index contributed by atoms with van der Waals surface area (Å²) in [5, 5.41) is 4.39. The maximum Gasteiger partial charge on any atom is 0.243 e. The Hall–Kier alpha value is -1.11. The molecule has 0 saturated carbocycles. The molecule has 1 heterocycles. The zero-order chi connectivity index (χ0) is 17.9. The first kappa shape index (κ1) is 18.7. The Morgan fingerprint density at radius 2 is 1.64 bits per heavy atom. The van der Waals surface area contributed by atoms with Crippen molar-refractivity contribution >= 4 is 33.2 Å². The minimum atomic E-state index is -3.35. The molecule has 7 heteroatoms. The summed E-state index contributed by atoms with van der Waals surface area (Å²) < 4.78 is 26.6. The van der Waals surface area contributed by atoms with Gasteiger partial charge in [0.25, 0.3) is 0 Å². The molecule has 2 aromatic carbocycles. The number of hydrogen-bond acceptors (Lipinski definition) is 3. The Bertz CT molecular complexity index is 833. The SMILES string of the molecule is O=S(=O)(c1ccc(CNCc2cccc(Cl)c2Cl)cc1)N1CCCC1.